The summed E-state index contributed by atoms with van der Waals surface area (Å²) in [5, 5.41) is 14.5. The van der Waals surface area contributed by atoms with Gasteiger partial charge in [0.05, 0.1) is 18.1 Å². The first-order valence-electron chi connectivity index (χ1n) is 7.75. The third-order valence-electron chi connectivity index (χ3n) is 4.10. The van der Waals surface area contributed by atoms with Crippen molar-refractivity contribution in [2.45, 2.75) is 57.5 Å². The molecule has 116 valence electrons. The highest BCUT2D eigenvalue weighted by atomic mass is 16.6. The Bertz CT molecular complexity index is 469. The van der Waals surface area contributed by atoms with E-state index in [9.17, 15) is 10.1 Å². The van der Waals surface area contributed by atoms with E-state index in [1.54, 1.807) is 6.07 Å². The van der Waals surface area contributed by atoms with Gasteiger partial charge in [-0.3, -0.25) is 10.1 Å². The van der Waals surface area contributed by atoms with Crippen molar-refractivity contribution in [2.75, 3.05) is 7.11 Å². The molecule has 1 aliphatic carbocycles. The van der Waals surface area contributed by atoms with E-state index in [0.717, 1.165) is 5.56 Å². The second-order valence-corrected chi connectivity index (χ2v) is 5.72. The molecule has 5 nitrogen and oxygen atoms in total. The maximum absolute atomic E-state index is 10.9. The molecule has 1 aromatic rings. The maximum atomic E-state index is 10.9. The number of hydrogen-bond donors (Lipinski definition) is 1. The van der Waals surface area contributed by atoms with Gasteiger partial charge >= 0.3 is 0 Å². The summed E-state index contributed by atoms with van der Waals surface area (Å²) in [7, 11) is 1.53. The van der Waals surface area contributed by atoms with Crippen molar-refractivity contribution >= 4 is 5.69 Å². The third kappa shape index (κ3) is 5.01. The Morgan fingerprint density at radius 3 is 2.48 bits per heavy atom. The van der Waals surface area contributed by atoms with Crippen LogP contribution in [0, 0.1) is 10.1 Å². The highest BCUT2D eigenvalue weighted by Gasteiger charge is 2.13. The van der Waals surface area contributed by atoms with Crippen LogP contribution in [0.4, 0.5) is 5.69 Å². The zero-order valence-corrected chi connectivity index (χ0v) is 12.6. The average molecular weight is 292 g/mol. The predicted octanol–water partition coefficient (Wildman–Crippen LogP) is 3.81. The largest absolute Gasteiger partial charge is 0.496 e. The first-order chi connectivity index (χ1) is 10.2. The Morgan fingerprint density at radius 2 is 1.86 bits per heavy atom. The van der Waals surface area contributed by atoms with Gasteiger partial charge in [0.1, 0.15) is 5.75 Å². The quantitative estimate of drug-likeness (QED) is 0.662. The van der Waals surface area contributed by atoms with E-state index < -0.39 is 0 Å². The fourth-order valence-corrected chi connectivity index (χ4v) is 2.89. The molecule has 1 fully saturated rings. The Balaban J connectivity index is 1.97. The van der Waals surface area contributed by atoms with Crippen LogP contribution >= 0.6 is 0 Å². The number of rotatable bonds is 5. The summed E-state index contributed by atoms with van der Waals surface area (Å²) in [5.41, 5.74) is 0.993. The summed E-state index contributed by atoms with van der Waals surface area (Å²) >= 11 is 0. The highest BCUT2D eigenvalue weighted by Crippen LogP contribution is 2.23. The number of methoxy groups -OCH3 is 1. The van der Waals surface area contributed by atoms with E-state index in [2.05, 4.69) is 5.32 Å². The summed E-state index contributed by atoms with van der Waals surface area (Å²) in [6.07, 6.45) is 8.95. The summed E-state index contributed by atoms with van der Waals surface area (Å²) in [5.74, 6) is 0.540. The van der Waals surface area contributed by atoms with E-state index in [1.165, 1.54) is 58.1 Å². The van der Waals surface area contributed by atoms with Gasteiger partial charge in [-0.1, -0.05) is 32.1 Å². The van der Waals surface area contributed by atoms with Crippen LogP contribution in [0.25, 0.3) is 0 Å². The van der Waals surface area contributed by atoms with E-state index in [0.29, 0.717) is 18.3 Å². The molecule has 0 unspecified atom stereocenters. The molecule has 1 aliphatic rings. The molecule has 0 heterocycles. The molecular weight excluding hydrogens is 268 g/mol. The molecular formula is C16H24N2O3. The van der Waals surface area contributed by atoms with E-state index in [-0.39, 0.29) is 10.6 Å². The van der Waals surface area contributed by atoms with Gasteiger partial charge in [0.25, 0.3) is 5.69 Å². The summed E-state index contributed by atoms with van der Waals surface area (Å²) in [6, 6.07) is 5.47. The molecule has 5 heteroatoms. The Labute approximate surface area is 125 Å². The predicted molar refractivity (Wildman–Crippen MR) is 82.6 cm³/mol. The zero-order valence-electron chi connectivity index (χ0n) is 12.6. The molecule has 1 aromatic carbocycles. The van der Waals surface area contributed by atoms with Crippen molar-refractivity contribution < 1.29 is 9.66 Å². The summed E-state index contributed by atoms with van der Waals surface area (Å²) in [6.45, 7) is 0.655. The fraction of sp³-hybridized carbons (Fsp3) is 0.625. The second-order valence-electron chi connectivity index (χ2n) is 5.72. The monoisotopic (exact) mass is 292 g/mol. The lowest BCUT2D eigenvalue weighted by Gasteiger charge is -2.21. The molecule has 0 saturated heterocycles. The summed E-state index contributed by atoms with van der Waals surface area (Å²) < 4.78 is 5.14. The molecule has 21 heavy (non-hydrogen) atoms. The molecule has 0 radical (unpaired) electrons. The number of non-ortho nitro benzene ring substituents is 1. The van der Waals surface area contributed by atoms with Gasteiger partial charge in [-0.05, 0) is 24.5 Å². The summed E-state index contributed by atoms with van der Waals surface area (Å²) in [4.78, 5) is 10.6. The van der Waals surface area contributed by atoms with Crippen molar-refractivity contribution in [3.63, 3.8) is 0 Å². The Hall–Kier alpha value is -1.62. The molecule has 0 spiro atoms. The van der Waals surface area contributed by atoms with Crippen LogP contribution in [0.5, 0.6) is 5.75 Å². The minimum absolute atomic E-state index is 0.0869. The van der Waals surface area contributed by atoms with Crippen molar-refractivity contribution in [1.82, 2.24) is 5.32 Å². The van der Waals surface area contributed by atoms with Crippen molar-refractivity contribution in [3.05, 3.63) is 33.9 Å². The number of hydrogen-bond acceptors (Lipinski definition) is 4. The lowest BCUT2D eigenvalue weighted by Crippen LogP contribution is -2.29. The highest BCUT2D eigenvalue weighted by molar-refractivity contribution is 5.42. The van der Waals surface area contributed by atoms with Crippen LogP contribution in [-0.4, -0.2) is 18.1 Å². The van der Waals surface area contributed by atoms with Gasteiger partial charge < -0.3 is 10.1 Å². The second kappa shape index (κ2) is 7.98. The van der Waals surface area contributed by atoms with Gasteiger partial charge in [0, 0.05) is 18.7 Å². The number of nitrogens with one attached hydrogen (secondary N) is 1. The topological polar surface area (TPSA) is 64.4 Å². The minimum atomic E-state index is -0.373. The molecule has 0 atom stereocenters. The molecule has 0 aliphatic heterocycles. The minimum Gasteiger partial charge on any atom is -0.496 e. The first-order valence-corrected chi connectivity index (χ1v) is 7.75. The van der Waals surface area contributed by atoms with Gasteiger partial charge in [0.15, 0.2) is 0 Å². The van der Waals surface area contributed by atoms with Gasteiger partial charge in [0.2, 0.25) is 0 Å². The SMILES string of the molecule is COc1cc(CNC2CCCCCCC2)cc([N+](=O)[O-])c1. The Morgan fingerprint density at radius 1 is 1.19 bits per heavy atom. The maximum Gasteiger partial charge on any atom is 0.273 e. The van der Waals surface area contributed by atoms with E-state index >= 15 is 0 Å². The number of nitro benzene ring substituents is 1. The molecule has 1 saturated carbocycles. The van der Waals surface area contributed by atoms with Crippen molar-refractivity contribution in [3.8, 4) is 5.75 Å². The molecule has 1 N–H and O–H groups in total. The molecule has 0 amide bonds. The fourth-order valence-electron chi connectivity index (χ4n) is 2.89. The number of ether oxygens (including phenoxy) is 1. The standard InChI is InChI=1S/C16H24N2O3/c1-21-16-10-13(9-15(11-16)18(19)20)12-17-14-7-5-3-2-4-6-8-14/h9-11,14,17H,2-8,12H2,1H3. The van der Waals surface area contributed by atoms with Gasteiger partial charge in [-0.15, -0.1) is 0 Å². The van der Waals surface area contributed by atoms with Crippen LogP contribution in [0.2, 0.25) is 0 Å². The van der Waals surface area contributed by atoms with Crippen LogP contribution in [0.3, 0.4) is 0 Å². The molecule has 2 rings (SSSR count). The van der Waals surface area contributed by atoms with Crippen molar-refractivity contribution in [2.24, 2.45) is 0 Å². The van der Waals surface area contributed by atoms with E-state index in [4.69, 9.17) is 4.74 Å². The number of nitrogens with zero attached hydrogens (tertiary/aromatic N) is 1. The number of benzene rings is 1. The number of nitro groups is 1. The van der Waals surface area contributed by atoms with Gasteiger partial charge in [-0.2, -0.15) is 0 Å². The average Bonchev–Trinajstić information content (AvgIpc) is 2.45. The van der Waals surface area contributed by atoms with Crippen LogP contribution in [-0.2, 0) is 6.54 Å². The van der Waals surface area contributed by atoms with Crippen LogP contribution in [0.15, 0.2) is 18.2 Å². The van der Waals surface area contributed by atoms with Crippen molar-refractivity contribution in [1.29, 1.82) is 0 Å². The van der Waals surface area contributed by atoms with Gasteiger partial charge in [-0.25, -0.2) is 0 Å². The Kier molecular flexibility index (Phi) is 5.99. The lowest BCUT2D eigenvalue weighted by atomic mass is 9.96. The molecule has 0 bridgehead atoms. The third-order valence-corrected chi connectivity index (χ3v) is 4.10. The first kappa shape index (κ1) is 15.8. The normalized spacial score (nSPS) is 17.0. The smallest absolute Gasteiger partial charge is 0.273 e. The van der Waals surface area contributed by atoms with Crippen LogP contribution in [0.1, 0.15) is 50.5 Å². The van der Waals surface area contributed by atoms with Crippen LogP contribution < -0.4 is 10.1 Å². The van der Waals surface area contributed by atoms with E-state index in [1.807, 2.05) is 6.07 Å². The molecule has 0 aromatic heterocycles. The zero-order chi connectivity index (χ0) is 15.1. The lowest BCUT2D eigenvalue weighted by molar-refractivity contribution is -0.385.